The molecule has 2 aliphatic heterocycles. The molecule has 0 bridgehead atoms. The lowest BCUT2D eigenvalue weighted by atomic mass is 10.0. The van der Waals surface area contributed by atoms with Crippen molar-refractivity contribution in [2.45, 2.75) is 13.0 Å². The van der Waals surface area contributed by atoms with E-state index in [2.05, 4.69) is 18.7 Å². The van der Waals surface area contributed by atoms with Crippen LogP contribution in [-0.2, 0) is 6.54 Å². The van der Waals surface area contributed by atoms with E-state index in [0.29, 0.717) is 42.5 Å². The van der Waals surface area contributed by atoms with Gasteiger partial charge in [-0.05, 0) is 47.7 Å². The number of fused-ring (bicyclic) bond motifs is 1. The zero-order valence-corrected chi connectivity index (χ0v) is 19.0. The number of halogens is 1. The topological polar surface area (TPSA) is 78.8 Å². The number of nitrogens with two attached hydrogens (primary N) is 2. The van der Waals surface area contributed by atoms with E-state index >= 15 is 4.39 Å². The molecule has 2 aliphatic rings. The minimum Gasteiger partial charge on any atom is -0.369 e. The second kappa shape index (κ2) is 8.93. The summed E-state index contributed by atoms with van der Waals surface area (Å²) in [5, 5.41) is 0.986. The minimum absolute atomic E-state index is 0.280. The summed E-state index contributed by atoms with van der Waals surface area (Å²) < 4.78 is 15.1. The first kappa shape index (κ1) is 22.1. The van der Waals surface area contributed by atoms with Crippen LogP contribution in [0.15, 0.2) is 73.3 Å². The summed E-state index contributed by atoms with van der Waals surface area (Å²) in [6, 6.07) is 20.9. The fourth-order valence-corrected chi connectivity index (χ4v) is 4.74. The maximum Gasteiger partial charge on any atom is 0.343 e. The average Bonchev–Trinajstić information content (AvgIpc) is 3.35. The maximum absolute atomic E-state index is 15.1. The molecule has 1 atom stereocenters. The number of amides is 2. The van der Waals surface area contributed by atoms with Crippen molar-refractivity contribution in [2.75, 3.05) is 29.4 Å². The SMILES string of the molecule is C=C1c2cc(F)c(N3CCC(CN)C3)cc2N(Cc2ccc(-c3ccccc3)cc2)C(=O)N1N. The van der Waals surface area contributed by atoms with Crippen molar-refractivity contribution < 1.29 is 9.18 Å². The number of nitrogens with zero attached hydrogens (tertiary/aromatic N) is 3. The summed E-state index contributed by atoms with van der Waals surface area (Å²) in [5.41, 5.74) is 10.9. The maximum atomic E-state index is 15.1. The highest BCUT2D eigenvalue weighted by atomic mass is 19.1. The molecule has 174 valence electrons. The quantitative estimate of drug-likeness (QED) is 0.435. The average molecular weight is 458 g/mol. The van der Waals surface area contributed by atoms with Gasteiger partial charge in [0.1, 0.15) is 5.82 Å². The third-order valence-corrected chi connectivity index (χ3v) is 6.76. The molecule has 0 saturated carbocycles. The van der Waals surface area contributed by atoms with Crippen LogP contribution in [0, 0.1) is 11.7 Å². The summed E-state index contributed by atoms with van der Waals surface area (Å²) in [4.78, 5) is 16.7. The van der Waals surface area contributed by atoms with Crippen molar-refractivity contribution in [2.24, 2.45) is 17.5 Å². The van der Waals surface area contributed by atoms with Crippen molar-refractivity contribution in [3.63, 3.8) is 0 Å². The van der Waals surface area contributed by atoms with Gasteiger partial charge in [-0.15, -0.1) is 0 Å². The highest BCUT2D eigenvalue weighted by molar-refractivity contribution is 6.04. The van der Waals surface area contributed by atoms with Crippen LogP contribution in [0.3, 0.4) is 0 Å². The van der Waals surface area contributed by atoms with E-state index in [1.807, 2.05) is 47.4 Å². The first-order chi connectivity index (χ1) is 16.5. The Balaban J connectivity index is 1.48. The monoisotopic (exact) mass is 457 g/mol. The molecule has 3 aromatic carbocycles. The third kappa shape index (κ3) is 3.93. The van der Waals surface area contributed by atoms with Crippen LogP contribution in [0.1, 0.15) is 17.5 Å². The van der Waals surface area contributed by atoms with Gasteiger partial charge in [-0.1, -0.05) is 61.2 Å². The fraction of sp³-hybridized carbons (Fsp3) is 0.222. The zero-order chi connectivity index (χ0) is 23.8. The van der Waals surface area contributed by atoms with Crippen molar-refractivity contribution in [3.05, 3.63) is 90.3 Å². The lowest BCUT2D eigenvalue weighted by molar-refractivity contribution is 0.223. The van der Waals surface area contributed by atoms with E-state index in [4.69, 9.17) is 11.6 Å². The van der Waals surface area contributed by atoms with Gasteiger partial charge in [-0.2, -0.15) is 0 Å². The van der Waals surface area contributed by atoms with Crippen molar-refractivity contribution >= 4 is 23.1 Å². The van der Waals surface area contributed by atoms with Gasteiger partial charge in [-0.25, -0.2) is 20.0 Å². The Labute approximate surface area is 198 Å². The highest BCUT2D eigenvalue weighted by Crippen LogP contribution is 2.40. The highest BCUT2D eigenvalue weighted by Gasteiger charge is 2.34. The number of carbonyl (C=O) groups is 1. The van der Waals surface area contributed by atoms with Crippen molar-refractivity contribution in [3.8, 4) is 11.1 Å². The van der Waals surface area contributed by atoms with Gasteiger partial charge in [0.15, 0.2) is 0 Å². The molecule has 2 amide bonds. The van der Waals surface area contributed by atoms with Crippen LogP contribution in [-0.4, -0.2) is 30.7 Å². The predicted molar refractivity (Wildman–Crippen MR) is 134 cm³/mol. The van der Waals surface area contributed by atoms with Gasteiger partial charge < -0.3 is 10.6 Å². The Morgan fingerprint density at radius 3 is 2.38 bits per heavy atom. The Morgan fingerprint density at radius 1 is 1.00 bits per heavy atom. The number of carbonyl (C=O) groups excluding carboxylic acids is 1. The number of rotatable bonds is 5. The lowest BCUT2D eigenvalue weighted by Gasteiger charge is -2.37. The molecule has 1 saturated heterocycles. The van der Waals surface area contributed by atoms with Crippen LogP contribution in [0.2, 0.25) is 0 Å². The molecular weight excluding hydrogens is 429 g/mol. The van der Waals surface area contributed by atoms with Gasteiger partial charge in [0.05, 0.1) is 23.6 Å². The molecular formula is C27H28FN5O. The van der Waals surface area contributed by atoms with E-state index in [1.54, 1.807) is 11.0 Å². The number of benzene rings is 3. The standard InChI is InChI=1S/C27H28FN5O/c1-18-23-13-24(28)26(31-12-11-20(15-29)16-31)14-25(23)32(27(34)33(18)30)17-19-7-9-22(10-8-19)21-5-3-2-4-6-21/h2-10,13-14,20H,1,11-12,15-17,29-30H2. The van der Waals surface area contributed by atoms with Gasteiger partial charge >= 0.3 is 6.03 Å². The molecule has 0 aliphatic carbocycles. The van der Waals surface area contributed by atoms with Crippen LogP contribution in [0.4, 0.5) is 20.6 Å². The molecule has 0 radical (unpaired) electrons. The lowest BCUT2D eigenvalue weighted by Crippen LogP contribution is -2.49. The first-order valence-electron chi connectivity index (χ1n) is 11.4. The Hall–Kier alpha value is -3.68. The Morgan fingerprint density at radius 2 is 1.71 bits per heavy atom. The predicted octanol–water partition coefficient (Wildman–Crippen LogP) is 4.56. The summed E-state index contributed by atoms with van der Waals surface area (Å²) in [5.74, 6) is 6.01. The molecule has 5 rings (SSSR count). The molecule has 1 unspecified atom stereocenters. The molecule has 6 nitrogen and oxygen atoms in total. The van der Waals surface area contributed by atoms with Gasteiger partial charge in [0.25, 0.3) is 0 Å². The third-order valence-electron chi connectivity index (χ3n) is 6.76. The number of anilines is 2. The van der Waals surface area contributed by atoms with Gasteiger partial charge in [0.2, 0.25) is 0 Å². The van der Waals surface area contributed by atoms with E-state index in [-0.39, 0.29) is 11.5 Å². The Kier molecular flexibility index (Phi) is 5.81. The minimum atomic E-state index is -0.400. The smallest absolute Gasteiger partial charge is 0.343 e. The van der Waals surface area contributed by atoms with E-state index < -0.39 is 6.03 Å². The number of hydrazine groups is 1. The second-order valence-corrected chi connectivity index (χ2v) is 8.91. The van der Waals surface area contributed by atoms with Crippen molar-refractivity contribution in [1.29, 1.82) is 0 Å². The van der Waals surface area contributed by atoms with Crippen LogP contribution in [0.25, 0.3) is 16.8 Å². The molecule has 34 heavy (non-hydrogen) atoms. The van der Waals surface area contributed by atoms with Crippen LogP contribution in [0.5, 0.6) is 0 Å². The van der Waals surface area contributed by atoms with E-state index in [9.17, 15) is 4.79 Å². The zero-order valence-electron chi connectivity index (χ0n) is 19.0. The van der Waals surface area contributed by atoms with Gasteiger partial charge in [0, 0.05) is 18.7 Å². The molecule has 2 heterocycles. The summed E-state index contributed by atoms with van der Waals surface area (Å²) in [6.45, 7) is 6.23. The normalized spacial score (nSPS) is 18.0. The molecule has 3 aromatic rings. The number of hydrogen-bond donors (Lipinski definition) is 2. The largest absolute Gasteiger partial charge is 0.369 e. The molecule has 0 aromatic heterocycles. The summed E-state index contributed by atoms with van der Waals surface area (Å²) in [6.07, 6.45) is 0.923. The van der Waals surface area contributed by atoms with Crippen LogP contribution < -0.4 is 21.4 Å². The van der Waals surface area contributed by atoms with E-state index in [1.165, 1.54) is 6.07 Å². The number of hydrogen-bond acceptors (Lipinski definition) is 4. The molecule has 4 N–H and O–H groups in total. The van der Waals surface area contributed by atoms with Crippen molar-refractivity contribution in [1.82, 2.24) is 5.01 Å². The van der Waals surface area contributed by atoms with E-state index in [0.717, 1.165) is 34.7 Å². The fourth-order valence-electron chi connectivity index (χ4n) is 4.74. The second-order valence-electron chi connectivity index (χ2n) is 8.91. The summed E-state index contributed by atoms with van der Waals surface area (Å²) in [7, 11) is 0. The first-order valence-corrected chi connectivity index (χ1v) is 11.4. The summed E-state index contributed by atoms with van der Waals surface area (Å²) >= 11 is 0. The molecule has 1 fully saturated rings. The van der Waals surface area contributed by atoms with Crippen LogP contribution >= 0.6 is 0 Å². The molecule has 7 heteroatoms. The molecule has 0 spiro atoms. The number of urea groups is 1. The Bertz CT molecular complexity index is 1230. The van der Waals surface area contributed by atoms with Gasteiger partial charge in [-0.3, -0.25) is 4.90 Å².